The highest BCUT2D eigenvalue weighted by molar-refractivity contribution is 5.97. The predicted octanol–water partition coefficient (Wildman–Crippen LogP) is 1.30. The van der Waals surface area contributed by atoms with E-state index in [-0.39, 0.29) is 11.7 Å². The number of nitrogens with one attached hydrogen (secondary N) is 1. The van der Waals surface area contributed by atoms with Crippen LogP contribution in [-0.2, 0) is 13.1 Å². The average molecular weight is 382 g/mol. The summed E-state index contributed by atoms with van der Waals surface area (Å²) in [7, 11) is 2.03. The van der Waals surface area contributed by atoms with E-state index in [1.165, 1.54) is 12.1 Å². The minimum atomic E-state index is -0.220. The molecule has 0 atom stereocenters. The second kappa shape index (κ2) is 9.07. The minimum absolute atomic E-state index is 0.220. The van der Waals surface area contributed by atoms with E-state index in [0.717, 1.165) is 30.9 Å². The molecular formula is C19H23FN8. The number of imidazole rings is 1. The van der Waals surface area contributed by atoms with Crippen LogP contribution in [0.25, 0.3) is 11.4 Å². The summed E-state index contributed by atoms with van der Waals surface area (Å²) in [5.74, 6) is 5.21. The van der Waals surface area contributed by atoms with Crippen LogP contribution in [0.2, 0.25) is 0 Å². The van der Waals surface area contributed by atoms with Gasteiger partial charge in [-0.3, -0.25) is 4.98 Å². The molecule has 0 unspecified atom stereocenters. The lowest BCUT2D eigenvalue weighted by molar-refractivity contribution is 0.311. The highest BCUT2D eigenvalue weighted by Gasteiger charge is 2.08. The summed E-state index contributed by atoms with van der Waals surface area (Å²) in [5, 5.41) is 3.77. The molecule has 0 saturated carbocycles. The first-order valence-electron chi connectivity index (χ1n) is 8.75. The van der Waals surface area contributed by atoms with E-state index in [9.17, 15) is 4.39 Å². The lowest BCUT2D eigenvalue weighted by Crippen LogP contribution is -2.23. The number of hydrazone groups is 1. The maximum atomic E-state index is 13.0. The van der Waals surface area contributed by atoms with Crippen LogP contribution >= 0.6 is 0 Å². The number of hydrogen-bond acceptors (Lipinski definition) is 6. The Hall–Kier alpha value is -3.30. The van der Waals surface area contributed by atoms with Crippen LogP contribution in [0.15, 0.2) is 60.2 Å². The van der Waals surface area contributed by atoms with Crippen LogP contribution in [0.3, 0.4) is 0 Å². The van der Waals surface area contributed by atoms with Gasteiger partial charge in [-0.1, -0.05) is 12.1 Å². The number of nitrogens with zero attached hydrogens (tertiary/aromatic N) is 5. The van der Waals surface area contributed by atoms with Gasteiger partial charge in [0.1, 0.15) is 11.5 Å². The second-order valence-corrected chi connectivity index (χ2v) is 6.42. The highest BCUT2D eigenvalue weighted by atomic mass is 19.1. The second-order valence-electron chi connectivity index (χ2n) is 6.42. The molecule has 9 heteroatoms. The first-order chi connectivity index (χ1) is 13.5. The number of hydrazine groups is 1. The van der Waals surface area contributed by atoms with Crippen LogP contribution in [0.4, 0.5) is 4.39 Å². The quantitative estimate of drug-likeness (QED) is 0.234. The number of nitrogens with two attached hydrogens (primary N) is 2. The van der Waals surface area contributed by atoms with E-state index < -0.39 is 0 Å². The Bertz CT molecular complexity index is 935. The largest absolute Gasteiger partial charge is 0.382 e. The van der Waals surface area contributed by atoms with E-state index in [4.69, 9.17) is 11.6 Å². The summed E-state index contributed by atoms with van der Waals surface area (Å²) in [6, 6.07) is 10.1. The van der Waals surface area contributed by atoms with Gasteiger partial charge in [0.15, 0.2) is 5.84 Å². The minimum Gasteiger partial charge on any atom is -0.382 e. The van der Waals surface area contributed by atoms with Crippen molar-refractivity contribution in [2.45, 2.75) is 13.1 Å². The third-order valence-electron chi connectivity index (χ3n) is 4.24. The Labute approximate surface area is 162 Å². The van der Waals surface area contributed by atoms with Crippen molar-refractivity contribution in [3.8, 4) is 11.4 Å². The van der Waals surface area contributed by atoms with Gasteiger partial charge in [0.25, 0.3) is 0 Å². The van der Waals surface area contributed by atoms with Crippen molar-refractivity contribution in [1.29, 1.82) is 0 Å². The van der Waals surface area contributed by atoms with Crippen LogP contribution in [-0.4, -0.2) is 38.9 Å². The topological polar surface area (TPSA) is 110 Å². The molecule has 28 heavy (non-hydrogen) atoms. The molecule has 5 N–H and O–H groups in total. The molecule has 2 heterocycles. The first-order valence-corrected chi connectivity index (χ1v) is 8.75. The molecular weight excluding hydrogens is 359 g/mol. The lowest BCUT2D eigenvalue weighted by atomic mass is 10.2. The maximum Gasteiger partial charge on any atom is 0.152 e. The SMILES string of the molecule is CN(CCn1cnc(-c2cc(/C(N)=N/NN)ccn2)c1)Cc1ccc(F)cc1. The summed E-state index contributed by atoms with van der Waals surface area (Å²) in [6.07, 6.45) is 5.36. The van der Waals surface area contributed by atoms with E-state index >= 15 is 0 Å². The van der Waals surface area contributed by atoms with Crippen LogP contribution in [0, 0.1) is 5.82 Å². The van der Waals surface area contributed by atoms with Crippen molar-refractivity contribution < 1.29 is 4.39 Å². The monoisotopic (exact) mass is 382 g/mol. The van der Waals surface area contributed by atoms with Crippen LogP contribution in [0.1, 0.15) is 11.1 Å². The number of rotatable bonds is 8. The molecule has 0 bridgehead atoms. The zero-order chi connectivity index (χ0) is 19.9. The molecule has 0 aliphatic rings. The Morgan fingerprint density at radius 2 is 2.00 bits per heavy atom. The molecule has 1 aromatic carbocycles. The molecule has 0 spiro atoms. The average Bonchev–Trinajstić information content (AvgIpc) is 3.18. The molecule has 3 rings (SSSR count). The third kappa shape index (κ3) is 5.12. The van der Waals surface area contributed by atoms with Crippen molar-refractivity contribution in [1.82, 2.24) is 25.0 Å². The molecule has 0 aliphatic carbocycles. The zero-order valence-electron chi connectivity index (χ0n) is 15.6. The van der Waals surface area contributed by atoms with Crippen molar-refractivity contribution in [2.24, 2.45) is 16.7 Å². The molecule has 0 radical (unpaired) electrons. The summed E-state index contributed by atoms with van der Waals surface area (Å²) in [6.45, 7) is 2.34. The number of likely N-dealkylation sites (N-methyl/N-ethyl adjacent to an activating group) is 1. The van der Waals surface area contributed by atoms with Crippen molar-refractivity contribution in [2.75, 3.05) is 13.6 Å². The molecule has 146 valence electrons. The summed E-state index contributed by atoms with van der Waals surface area (Å²) in [5.41, 5.74) is 11.2. The van der Waals surface area contributed by atoms with Gasteiger partial charge in [0, 0.05) is 37.6 Å². The Morgan fingerprint density at radius 3 is 2.75 bits per heavy atom. The summed E-state index contributed by atoms with van der Waals surface area (Å²) >= 11 is 0. The Balaban J connectivity index is 1.60. The Morgan fingerprint density at radius 1 is 1.21 bits per heavy atom. The number of pyridine rings is 1. The van der Waals surface area contributed by atoms with Crippen LogP contribution < -0.4 is 17.1 Å². The molecule has 0 saturated heterocycles. The first kappa shape index (κ1) is 19.5. The number of aromatic nitrogens is 3. The van der Waals surface area contributed by atoms with Gasteiger partial charge < -0.3 is 15.2 Å². The number of benzene rings is 1. The zero-order valence-corrected chi connectivity index (χ0v) is 15.6. The van der Waals surface area contributed by atoms with E-state index in [1.807, 2.05) is 23.9 Å². The number of halogens is 1. The van der Waals surface area contributed by atoms with Gasteiger partial charge in [-0.05, 0) is 36.9 Å². The predicted molar refractivity (Wildman–Crippen MR) is 106 cm³/mol. The molecule has 8 nitrogen and oxygen atoms in total. The Kier molecular flexibility index (Phi) is 6.30. The van der Waals surface area contributed by atoms with E-state index in [2.05, 4.69) is 25.5 Å². The van der Waals surface area contributed by atoms with Crippen molar-refractivity contribution in [3.05, 3.63) is 72.1 Å². The maximum absolute atomic E-state index is 13.0. The van der Waals surface area contributed by atoms with Gasteiger partial charge in [-0.25, -0.2) is 20.8 Å². The highest BCUT2D eigenvalue weighted by Crippen LogP contribution is 2.15. The van der Waals surface area contributed by atoms with Gasteiger partial charge >= 0.3 is 0 Å². The smallest absolute Gasteiger partial charge is 0.152 e. The fourth-order valence-corrected chi connectivity index (χ4v) is 2.75. The van der Waals surface area contributed by atoms with Gasteiger partial charge in [-0.2, -0.15) is 0 Å². The van der Waals surface area contributed by atoms with Crippen molar-refractivity contribution in [3.63, 3.8) is 0 Å². The summed E-state index contributed by atoms with van der Waals surface area (Å²) in [4.78, 5) is 10.9. The molecule has 0 fully saturated rings. The standard InChI is InChI=1S/C19H23FN8/c1-27(11-14-2-4-16(20)5-3-14)8-9-28-12-18(24-13-28)17-10-15(6-7-23-17)19(21)25-26-22/h2-7,10,12-13,26H,8-9,11,22H2,1H3,(H2,21,25). The molecule has 2 aromatic heterocycles. The van der Waals surface area contributed by atoms with Crippen LogP contribution in [0.5, 0.6) is 0 Å². The summed E-state index contributed by atoms with van der Waals surface area (Å²) < 4.78 is 15.0. The fraction of sp³-hybridized carbons (Fsp3) is 0.211. The van der Waals surface area contributed by atoms with Gasteiger partial charge in [-0.15, -0.1) is 5.10 Å². The van der Waals surface area contributed by atoms with Crippen molar-refractivity contribution >= 4 is 5.84 Å². The normalized spacial score (nSPS) is 11.8. The van der Waals surface area contributed by atoms with E-state index in [1.54, 1.807) is 30.7 Å². The lowest BCUT2D eigenvalue weighted by Gasteiger charge is -2.16. The van der Waals surface area contributed by atoms with Gasteiger partial charge in [0.2, 0.25) is 0 Å². The van der Waals surface area contributed by atoms with E-state index in [0.29, 0.717) is 11.3 Å². The molecule has 0 aliphatic heterocycles. The molecule has 3 aromatic rings. The third-order valence-corrected chi connectivity index (χ3v) is 4.24. The molecule has 0 amide bonds. The van der Waals surface area contributed by atoms with Gasteiger partial charge in [0.05, 0.1) is 12.0 Å². The fourth-order valence-electron chi connectivity index (χ4n) is 2.75. The number of amidine groups is 1. The number of hydrogen-bond donors (Lipinski definition) is 3.